The van der Waals surface area contributed by atoms with Gasteiger partial charge in [-0.3, -0.25) is 0 Å². The lowest BCUT2D eigenvalue weighted by Gasteiger charge is -2.12. The fraction of sp³-hybridized carbons (Fsp3) is 0.115. The Morgan fingerprint density at radius 2 is 1.91 bits per heavy atom. The molecule has 0 unspecified atom stereocenters. The van der Waals surface area contributed by atoms with Crippen molar-refractivity contribution in [2.24, 2.45) is 7.05 Å². The summed E-state index contributed by atoms with van der Waals surface area (Å²) in [7, 11) is 3.47. The Hall–Kier alpha value is -4.64. The molecule has 5 rings (SSSR count). The second-order valence-corrected chi connectivity index (χ2v) is 7.81. The molecule has 7 nitrogen and oxygen atoms in total. The zero-order valence-electron chi connectivity index (χ0n) is 18.8. The summed E-state index contributed by atoms with van der Waals surface area (Å²) < 4.78 is 26.4. The summed E-state index contributed by atoms with van der Waals surface area (Å²) in [4.78, 5) is 8.96. The molecule has 3 aromatic carbocycles. The number of nitriles is 1. The van der Waals surface area contributed by atoms with Crippen molar-refractivity contribution < 1.29 is 13.5 Å². The highest BCUT2D eigenvalue weighted by atomic mass is 19.1. The maximum atomic E-state index is 13.4. The van der Waals surface area contributed by atoms with Crippen molar-refractivity contribution in [2.45, 2.75) is 6.92 Å². The van der Waals surface area contributed by atoms with E-state index in [1.165, 1.54) is 18.5 Å². The van der Waals surface area contributed by atoms with E-state index in [1.807, 2.05) is 36.7 Å². The maximum Gasteiger partial charge on any atom is 0.181 e. The molecule has 0 aliphatic heterocycles. The van der Waals surface area contributed by atoms with E-state index < -0.39 is 0 Å². The second-order valence-electron chi connectivity index (χ2n) is 7.81. The van der Waals surface area contributed by atoms with Crippen LogP contribution in [0.3, 0.4) is 0 Å². The SMILES string of the molecule is COc1cc(Nc2cc(C#N)cc3c2nc(-c2ccc(F)cc2)n3C)ccc1-c1ocnc1C. The van der Waals surface area contributed by atoms with Crippen molar-refractivity contribution in [1.82, 2.24) is 14.5 Å². The molecule has 2 aromatic heterocycles. The number of oxazole rings is 1. The summed E-state index contributed by atoms with van der Waals surface area (Å²) in [6.45, 7) is 1.87. The van der Waals surface area contributed by atoms with Crippen LogP contribution in [0.25, 0.3) is 33.7 Å². The molecule has 168 valence electrons. The van der Waals surface area contributed by atoms with Gasteiger partial charge in [0, 0.05) is 24.4 Å². The van der Waals surface area contributed by atoms with Gasteiger partial charge in [-0.25, -0.2) is 14.4 Å². The average Bonchev–Trinajstić information content (AvgIpc) is 3.42. The molecule has 0 saturated carbocycles. The van der Waals surface area contributed by atoms with Gasteiger partial charge in [0.2, 0.25) is 0 Å². The van der Waals surface area contributed by atoms with Crippen LogP contribution in [0.4, 0.5) is 15.8 Å². The number of benzene rings is 3. The lowest BCUT2D eigenvalue weighted by atomic mass is 10.1. The smallest absolute Gasteiger partial charge is 0.181 e. The highest BCUT2D eigenvalue weighted by Crippen LogP contribution is 2.36. The van der Waals surface area contributed by atoms with Gasteiger partial charge in [0.05, 0.1) is 41.2 Å². The summed E-state index contributed by atoms with van der Waals surface area (Å²) in [5.74, 6) is 1.62. The van der Waals surface area contributed by atoms with Crippen molar-refractivity contribution in [2.75, 3.05) is 12.4 Å². The van der Waals surface area contributed by atoms with Crippen molar-refractivity contribution in [3.8, 4) is 34.5 Å². The summed E-state index contributed by atoms with van der Waals surface area (Å²) in [5.41, 5.74) is 5.71. The Bertz CT molecular complexity index is 1560. The number of rotatable bonds is 5. The van der Waals surface area contributed by atoms with Gasteiger partial charge >= 0.3 is 0 Å². The van der Waals surface area contributed by atoms with E-state index >= 15 is 0 Å². The number of halogens is 1. The highest BCUT2D eigenvalue weighted by molar-refractivity contribution is 5.94. The Labute approximate surface area is 195 Å². The lowest BCUT2D eigenvalue weighted by molar-refractivity contribution is 0.415. The van der Waals surface area contributed by atoms with Gasteiger partial charge in [-0.2, -0.15) is 5.26 Å². The molecule has 0 atom stereocenters. The molecular weight excluding hydrogens is 433 g/mol. The Morgan fingerprint density at radius 1 is 1.12 bits per heavy atom. The van der Waals surface area contributed by atoms with Gasteiger partial charge < -0.3 is 19.0 Å². The molecule has 0 aliphatic carbocycles. The number of hydrogen-bond donors (Lipinski definition) is 1. The first-order valence-corrected chi connectivity index (χ1v) is 10.5. The molecule has 0 bridgehead atoms. The molecule has 0 spiro atoms. The van der Waals surface area contributed by atoms with Gasteiger partial charge in [-0.05, 0) is 55.5 Å². The molecule has 0 radical (unpaired) electrons. The minimum absolute atomic E-state index is 0.311. The number of aromatic nitrogens is 3. The van der Waals surface area contributed by atoms with Gasteiger partial charge in [-0.15, -0.1) is 0 Å². The monoisotopic (exact) mass is 453 g/mol. The largest absolute Gasteiger partial charge is 0.496 e. The van der Waals surface area contributed by atoms with Gasteiger partial charge in [0.25, 0.3) is 0 Å². The van der Waals surface area contributed by atoms with Crippen molar-refractivity contribution >= 4 is 22.4 Å². The van der Waals surface area contributed by atoms with E-state index in [0.29, 0.717) is 34.1 Å². The van der Waals surface area contributed by atoms with Crippen LogP contribution in [0.1, 0.15) is 11.3 Å². The molecule has 2 heterocycles. The lowest BCUT2D eigenvalue weighted by Crippen LogP contribution is -1.96. The fourth-order valence-corrected chi connectivity index (χ4v) is 3.98. The number of imidazole rings is 1. The third-order valence-electron chi connectivity index (χ3n) is 5.69. The van der Waals surface area contributed by atoms with Gasteiger partial charge in [0.15, 0.2) is 12.2 Å². The standard InChI is InChI=1S/C26H20FN5O2/c1-15-25(34-14-29-15)20-9-8-19(12-23(20)33-3)30-21-10-16(13-28)11-22-24(21)31-26(32(22)2)17-4-6-18(27)7-5-17/h4-12,14,30H,1-3H3. The normalized spacial score (nSPS) is 10.9. The predicted molar refractivity (Wildman–Crippen MR) is 127 cm³/mol. The quantitative estimate of drug-likeness (QED) is 0.353. The molecular formula is C26H20FN5O2. The zero-order valence-corrected chi connectivity index (χ0v) is 18.8. The Balaban J connectivity index is 1.60. The van der Waals surface area contributed by atoms with Crippen molar-refractivity contribution in [3.05, 3.63) is 78.1 Å². The summed E-state index contributed by atoms with van der Waals surface area (Å²) in [5, 5.41) is 13.0. The predicted octanol–water partition coefficient (Wildman–Crippen LogP) is 5.97. The van der Waals surface area contributed by atoms with E-state index in [9.17, 15) is 9.65 Å². The zero-order chi connectivity index (χ0) is 23.8. The number of nitrogens with zero attached hydrogens (tertiary/aromatic N) is 4. The van der Waals surface area contributed by atoms with E-state index in [2.05, 4.69) is 16.4 Å². The van der Waals surface area contributed by atoms with Gasteiger partial charge in [0.1, 0.15) is 22.9 Å². The van der Waals surface area contributed by atoms with Crippen molar-refractivity contribution in [1.29, 1.82) is 5.26 Å². The summed E-state index contributed by atoms with van der Waals surface area (Å²) in [6.07, 6.45) is 1.40. The molecule has 8 heteroatoms. The number of ether oxygens (including phenoxy) is 1. The average molecular weight is 453 g/mol. The maximum absolute atomic E-state index is 13.4. The minimum atomic E-state index is -0.311. The molecule has 0 aliphatic rings. The van der Waals surface area contributed by atoms with Crippen molar-refractivity contribution in [3.63, 3.8) is 0 Å². The van der Waals surface area contributed by atoms with Gasteiger partial charge in [-0.1, -0.05) is 0 Å². The minimum Gasteiger partial charge on any atom is -0.496 e. The molecule has 1 N–H and O–H groups in total. The van der Waals surface area contributed by atoms with Crippen LogP contribution in [-0.2, 0) is 7.05 Å². The topological polar surface area (TPSA) is 88.9 Å². The third kappa shape index (κ3) is 3.63. The van der Waals surface area contributed by atoms with Crippen LogP contribution in [0.15, 0.2) is 65.4 Å². The van der Waals surface area contributed by atoms with Crippen LogP contribution >= 0.6 is 0 Å². The number of nitrogens with one attached hydrogen (secondary N) is 1. The number of fused-ring (bicyclic) bond motifs is 1. The number of methoxy groups -OCH3 is 1. The third-order valence-corrected chi connectivity index (χ3v) is 5.69. The van der Waals surface area contributed by atoms with Crippen LogP contribution in [0, 0.1) is 24.1 Å². The first kappa shape index (κ1) is 21.2. The number of aryl methyl sites for hydroxylation is 2. The summed E-state index contributed by atoms with van der Waals surface area (Å²) in [6, 6.07) is 17.6. The van der Waals surface area contributed by atoms with Crippen LogP contribution in [0.5, 0.6) is 5.75 Å². The van der Waals surface area contributed by atoms with E-state index in [1.54, 1.807) is 31.4 Å². The first-order valence-electron chi connectivity index (χ1n) is 10.5. The number of hydrogen-bond acceptors (Lipinski definition) is 6. The van der Waals surface area contributed by atoms with E-state index in [0.717, 1.165) is 28.0 Å². The van der Waals surface area contributed by atoms with E-state index in [4.69, 9.17) is 14.1 Å². The number of anilines is 2. The first-order chi connectivity index (χ1) is 16.5. The van der Waals surface area contributed by atoms with Crippen LogP contribution < -0.4 is 10.1 Å². The summed E-state index contributed by atoms with van der Waals surface area (Å²) >= 11 is 0. The highest BCUT2D eigenvalue weighted by Gasteiger charge is 2.17. The molecule has 34 heavy (non-hydrogen) atoms. The van der Waals surface area contributed by atoms with Crippen LogP contribution in [0.2, 0.25) is 0 Å². The molecule has 0 amide bonds. The van der Waals surface area contributed by atoms with E-state index in [-0.39, 0.29) is 5.82 Å². The van der Waals surface area contributed by atoms with Crippen LogP contribution in [-0.4, -0.2) is 21.6 Å². The molecule has 5 aromatic rings. The Morgan fingerprint density at radius 3 is 2.59 bits per heavy atom. The second kappa shape index (κ2) is 8.37. The fourth-order valence-electron chi connectivity index (χ4n) is 3.98. The Kier molecular flexibility index (Phi) is 5.22. The molecule has 0 saturated heterocycles. The molecule has 0 fully saturated rings.